The Hall–Kier alpha value is -0.710. The zero-order valence-electron chi connectivity index (χ0n) is 9.63. The summed E-state index contributed by atoms with van der Waals surface area (Å²) >= 11 is 5.11. The van der Waals surface area contributed by atoms with Gasteiger partial charge in [-0.1, -0.05) is 12.1 Å². The van der Waals surface area contributed by atoms with E-state index in [9.17, 15) is 4.39 Å². The monoisotopic (exact) mass is 313 g/mol. The molecule has 0 saturated heterocycles. The van der Waals surface area contributed by atoms with Crippen LogP contribution in [0.1, 0.15) is 22.7 Å². The average Bonchev–Trinajstić information content (AvgIpc) is 2.71. The lowest BCUT2D eigenvalue weighted by Crippen LogP contribution is -2.17. The van der Waals surface area contributed by atoms with E-state index in [4.69, 9.17) is 0 Å². The van der Waals surface area contributed by atoms with E-state index in [-0.39, 0.29) is 11.9 Å². The lowest BCUT2D eigenvalue weighted by Gasteiger charge is -2.16. The molecule has 0 spiro atoms. The third-order valence-corrected chi connectivity index (χ3v) is 4.25. The van der Waals surface area contributed by atoms with Crippen LogP contribution in [0.5, 0.6) is 0 Å². The minimum atomic E-state index is -0.157. The Kier molecular flexibility index (Phi) is 3.97. The summed E-state index contributed by atoms with van der Waals surface area (Å²) < 4.78 is 14.4. The van der Waals surface area contributed by atoms with Gasteiger partial charge in [-0.05, 0) is 64.1 Å². The van der Waals surface area contributed by atoms with Crippen molar-refractivity contribution >= 4 is 27.3 Å². The molecule has 0 amide bonds. The molecule has 2 aromatic rings. The van der Waals surface area contributed by atoms with Gasteiger partial charge in [0.15, 0.2) is 0 Å². The molecule has 1 nitrogen and oxygen atoms in total. The van der Waals surface area contributed by atoms with Gasteiger partial charge in [0, 0.05) is 0 Å². The van der Waals surface area contributed by atoms with Gasteiger partial charge >= 0.3 is 0 Å². The van der Waals surface area contributed by atoms with E-state index in [1.807, 2.05) is 19.2 Å². The molecule has 1 heterocycles. The molecule has 0 aliphatic rings. The molecule has 0 aliphatic heterocycles. The summed E-state index contributed by atoms with van der Waals surface area (Å²) in [4.78, 5) is 0. The van der Waals surface area contributed by atoms with E-state index in [0.29, 0.717) is 5.56 Å². The normalized spacial score (nSPS) is 12.7. The summed E-state index contributed by atoms with van der Waals surface area (Å²) in [6.07, 6.45) is 0. The molecule has 1 unspecified atom stereocenters. The summed E-state index contributed by atoms with van der Waals surface area (Å²) in [5, 5.41) is 5.36. The van der Waals surface area contributed by atoms with Gasteiger partial charge in [0.25, 0.3) is 0 Å². The van der Waals surface area contributed by atoms with Gasteiger partial charge in [-0.25, -0.2) is 4.39 Å². The Balaban J connectivity index is 2.38. The first kappa shape index (κ1) is 12.7. The molecule has 0 fully saturated rings. The number of halogens is 2. The van der Waals surface area contributed by atoms with Gasteiger partial charge in [-0.2, -0.15) is 0 Å². The quantitative estimate of drug-likeness (QED) is 0.892. The molecule has 0 radical (unpaired) electrons. The minimum Gasteiger partial charge on any atom is -0.309 e. The van der Waals surface area contributed by atoms with Crippen LogP contribution in [-0.2, 0) is 0 Å². The number of hydrogen-bond acceptors (Lipinski definition) is 2. The lowest BCUT2D eigenvalue weighted by molar-refractivity contribution is 0.614. The van der Waals surface area contributed by atoms with E-state index in [1.54, 1.807) is 18.3 Å². The second kappa shape index (κ2) is 5.29. The number of aryl methyl sites for hydroxylation is 1. The summed E-state index contributed by atoms with van der Waals surface area (Å²) in [7, 11) is 1.91. The maximum absolute atomic E-state index is 13.2. The van der Waals surface area contributed by atoms with Crippen molar-refractivity contribution in [3.63, 3.8) is 0 Å². The zero-order valence-corrected chi connectivity index (χ0v) is 12.0. The maximum Gasteiger partial charge on any atom is 0.126 e. The van der Waals surface area contributed by atoms with Crippen molar-refractivity contribution in [1.29, 1.82) is 0 Å². The summed E-state index contributed by atoms with van der Waals surface area (Å²) in [6.45, 7) is 1.79. The Morgan fingerprint density at radius 2 is 2.06 bits per heavy atom. The zero-order chi connectivity index (χ0) is 12.4. The number of hydrogen-bond donors (Lipinski definition) is 1. The first-order valence-corrected chi connectivity index (χ1v) is 6.96. The van der Waals surface area contributed by atoms with Crippen LogP contribution in [0.2, 0.25) is 0 Å². The maximum atomic E-state index is 13.2. The summed E-state index contributed by atoms with van der Waals surface area (Å²) in [5.74, 6) is -0.157. The van der Waals surface area contributed by atoms with Gasteiger partial charge in [0.2, 0.25) is 0 Å². The number of thiophene rings is 1. The number of rotatable bonds is 3. The molecule has 4 heteroatoms. The van der Waals surface area contributed by atoms with Gasteiger partial charge < -0.3 is 5.32 Å². The second-order valence-corrected chi connectivity index (χ2v) is 6.20. The minimum absolute atomic E-state index is 0.108. The Morgan fingerprint density at radius 3 is 2.59 bits per heavy atom. The molecule has 17 heavy (non-hydrogen) atoms. The van der Waals surface area contributed by atoms with Gasteiger partial charge in [-0.15, -0.1) is 11.3 Å². The van der Waals surface area contributed by atoms with Crippen molar-refractivity contribution in [1.82, 2.24) is 5.32 Å². The third-order valence-electron chi connectivity index (χ3n) is 2.73. The highest BCUT2D eigenvalue weighted by Gasteiger charge is 2.14. The molecule has 1 atom stereocenters. The number of nitrogens with one attached hydrogen (secondary N) is 1. The van der Waals surface area contributed by atoms with Crippen molar-refractivity contribution in [2.45, 2.75) is 13.0 Å². The van der Waals surface area contributed by atoms with Crippen molar-refractivity contribution in [3.05, 3.63) is 55.9 Å². The predicted octanol–water partition coefficient (Wildman–Crippen LogP) is 4.27. The largest absolute Gasteiger partial charge is 0.309 e. The topological polar surface area (TPSA) is 12.0 Å². The second-order valence-electron chi connectivity index (χ2n) is 3.91. The van der Waals surface area contributed by atoms with Crippen LogP contribution in [0.15, 0.2) is 33.4 Å². The van der Waals surface area contributed by atoms with Gasteiger partial charge in [0.05, 0.1) is 9.83 Å². The molecule has 1 aromatic heterocycles. The smallest absolute Gasteiger partial charge is 0.126 e. The Bertz CT molecular complexity index is 524. The molecule has 0 bridgehead atoms. The fourth-order valence-electron chi connectivity index (χ4n) is 1.85. The molecule has 1 aromatic carbocycles. The van der Waals surface area contributed by atoms with Crippen LogP contribution >= 0.6 is 27.3 Å². The predicted molar refractivity (Wildman–Crippen MR) is 74.1 cm³/mol. The summed E-state index contributed by atoms with van der Waals surface area (Å²) in [6, 6.07) is 7.44. The molecular weight excluding hydrogens is 301 g/mol. The van der Waals surface area contributed by atoms with Gasteiger partial charge in [0.1, 0.15) is 5.82 Å². The Morgan fingerprint density at radius 1 is 1.29 bits per heavy atom. The summed E-state index contributed by atoms with van der Waals surface area (Å²) in [5.41, 5.74) is 2.95. The standard InChI is InChI=1S/C13H13BrFNS/c1-8-5-9(3-4-11(8)15)13(16-2)10-6-12(14)17-7-10/h3-7,13,16H,1-2H3. The molecule has 90 valence electrons. The molecule has 1 N–H and O–H groups in total. The first-order valence-electron chi connectivity index (χ1n) is 5.29. The van der Waals surface area contributed by atoms with E-state index >= 15 is 0 Å². The SMILES string of the molecule is CNC(c1csc(Br)c1)c1ccc(F)c(C)c1. The van der Waals surface area contributed by atoms with Crippen molar-refractivity contribution in [3.8, 4) is 0 Å². The number of benzene rings is 1. The Labute approximate surface area is 113 Å². The van der Waals surface area contributed by atoms with Crippen molar-refractivity contribution in [2.24, 2.45) is 0 Å². The van der Waals surface area contributed by atoms with Crippen molar-refractivity contribution < 1.29 is 4.39 Å². The van der Waals surface area contributed by atoms with Crippen LogP contribution in [-0.4, -0.2) is 7.05 Å². The van der Waals surface area contributed by atoms with E-state index in [1.165, 1.54) is 11.6 Å². The van der Waals surface area contributed by atoms with Crippen LogP contribution < -0.4 is 5.32 Å². The van der Waals surface area contributed by atoms with Crippen LogP contribution in [0.4, 0.5) is 4.39 Å². The highest BCUT2D eigenvalue weighted by atomic mass is 79.9. The fraction of sp³-hybridized carbons (Fsp3) is 0.231. The molecule has 0 aliphatic carbocycles. The fourth-order valence-corrected chi connectivity index (χ4v) is 3.05. The highest BCUT2D eigenvalue weighted by Crippen LogP contribution is 2.29. The van der Waals surface area contributed by atoms with E-state index in [0.717, 1.165) is 9.35 Å². The van der Waals surface area contributed by atoms with Crippen LogP contribution in [0, 0.1) is 12.7 Å². The van der Waals surface area contributed by atoms with E-state index in [2.05, 4.69) is 32.7 Å². The lowest BCUT2D eigenvalue weighted by atomic mass is 9.99. The van der Waals surface area contributed by atoms with Gasteiger partial charge in [-0.3, -0.25) is 0 Å². The first-order chi connectivity index (χ1) is 8.11. The average molecular weight is 314 g/mol. The van der Waals surface area contributed by atoms with Crippen LogP contribution in [0.3, 0.4) is 0 Å². The van der Waals surface area contributed by atoms with Crippen LogP contribution in [0.25, 0.3) is 0 Å². The molecule has 0 saturated carbocycles. The highest BCUT2D eigenvalue weighted by molar-refractivity contribution is 9.11. The van der Waals surface area contributed by atoms with E-state index < -0.39 is 0 Å². The molecule has 2 rings (SSSR count). The van der Waals surface area contributed by atoms with Crippen molar-refractivity contribution in [2.75, 3.05) is 7.05 Å². The molecular formula is C13H13BrFNS. The third kappa shape index (κ3) is 2.76.